The van der Waals surface area contributed by atoms with E-state index in [4.69, 9.17) is 13.9 Å². The SMILES string of the molecule is COC(CN(C1CC(=O)N(c2ccc(-c3nc4ccccc4o3)cc2)C1=O)S(=O)(=O)c1ccc(C)cc1)OC. The number of nitrogens with zero attached hydrogens (tertiary/aromatic N) is 3. The molecule has 1 aliphatic rings. The standard InChI is InChI=1S/C28H27N3O7S/c1-18-8-14-21(15-9-18)39(34,35)30(17-26(36-2)37-3)23-16-25(32)31(28(23)33)20-12-10-19(11-13-20)27-29-22-6-4-5-7-24(22)38-27/h4-15,23,26H,16-17H2,1-3H3. The third-order valence-electron chi connectivity index (χ3n) is 6.62. The van der Waals surface area contributed by atoms with Crippen LogP contribution in [-0.4, -0.2) is 62.6 Å². The fraction of sp³-hybridized carbons (Fsp3) is 0.250. The number of carbonyl (C=O) groups is 2. The van der Waals surface area contributed by atoms with Gasteiger partial charge in [0.25, 0.3) is 5.91 Å². The summed E-state index contributed by atoms with van der Waals surface area (Å²) < 4.78 is 44.6. The third-order valence-corrected chi connectivity index (χ3v) is 8.51. The fourth-order valence-corrected chi connectivity index (χ4v) is 6.06. The number of hydrogen-bond acceptors (Lipinski definition) is 8. The quantitative estimate of drug-likeness (QED) is 0.229. The van der Waals surface area contributed by atoms with E-state index >= 15 is 0 Å². The molecule has 0 aliphatic carbocycles. The monoisotopic (exact) mass is 549 g/mol. The summed E-state index contributed by atoms with van der Waals surface area (Å²) in [5.74, 6) is -0.772. The molecule has 0 radical (unpaired) electrons. The van der Waals surface area contributed by atoms with Crippen LogP contribution in [0.2, 0.25) is 0 Å². The summed E-state index contributed by atoms with van der Waals surface area (Å²) in [6, 6.07) is 19.0. The maximum absolute atomic E-state index is 13.7. The number of ether oxygens (including phenoxy) is 2. The number of oxazole rings is 1. The molecule has 1 fully saturated rings. The Morgan fingerprint density at radius 1 is 1.00 bits per heavy atom. The molecule has 1 atom stereocenters. The normalized spacial score (nSPS) is 16.2. The molecule has 4 aromatic rings. The van der Waals surface area contributed by atoms with Crippen molar-refractivity contribution in [3.05, 3.63) is 78.4 Å². The van der Waals surface area contributed by atoms with Gasteiger partial charge in [0.2, 0.25) is 21.8 Å². The minimum atomic E-state index is -4.18. The predicted octanol–water partition coefficient (Wildman–Crippen LogP) is 3.74. The number of hydrogen-bond donors (Lipinski definition) is 0. The van der Waals surface area contributed by atoms with Crippen LogP contribution in [0.15, 0.2) is 82.1 Å². The van der Waals surface area contributed by atoms with E-state index in [-0.39, 0.29) is 17.9 Å². The van der Waals surface area contributed by atoms with Crippen LogP contribution in [0, 0.1) is 6.92 Å². The molecule has 1 saturated heterocycles. The highest BCUT2D eigenvalue weighted by atomic mass is 32.2. The van der Waals surface area contributed by atoms with Crippen molar-refractivity contribution in [3.8, 4) is 11.5 Å². The molecule has 202 valence electrons. The first-order valence-electron chi connectivity index (χ1n) is 12.2. The number of amides is 2. The second-order valence-electron chi connectivity index (χ2n) is 9.11. The van der Waals surface area contributed by atoms with Gasteiger partial charge in [0.05, 0.1) is 23.5 Å². The number of rotatable bonds is 9. The maximum atomic E-state index is 13.7. The Morgan fingerprint density at radius 2 is 1.67 bits per heavy atom. The molecule has 5 rings (SSSR count). The number of fused-ring (bicyclic) bond motifs is 1. The molecule has 11 heteroatoms. The van der Waals surface area contributed by atoms with Crippen LogP contribution in [0.3, 0.4) is 0 Å². The van der Waals surface area contributed by atoms with Crippen molar-refractivity contribution < 1.29 is 31.9 Å². The molecule has 0 bridgehead atoms. The van der Waals surface area contributed by atoms with Crippen molar-refractivity contribution in [3.63, 3.8) is 0 Å². The van der Waals surface area contributed by atoms with Gasteiger partial charge in [-0.3, -0.25) is 9.59 Å². The lowest BCUT2D eigenvalue weighted by atomic mass is 10.2. The summed E-state index contributed by atoms with van der Waals surface area (Å²) in [7, 11) is -1.44. The number of aryl methyl sites for hydroxylation is 1. The Labute approximate surface area is 225 Å². The van der Waals surface area contributed by atoms with Crippen molar-refractivity contribution in [1.82, 2.24) is 9.29 Å². The van der Waals surface area contributed by atoms with Gasteiger partial charge in [-0.1, -0.05) is 29.8 Å². The molecule has 3 aromatic carbocycles. The zero-order valence-electron chi connectivity index (χ0n) is 21.6. The topological polar surface area (TPSA) is 119 Å². The Morgan fingerprint density at radius 3 is 2.31 bits per heavy atom. The number of sulfonamides is 1. The summed E-state index contributed by atoms with van der Waals surface area (Å²) >= 11 is 0. The summed E-state index contributed by atoms with van der Waals surface area (Å²) in [6.07, 6.45) is -1.27. The van der Waals surface area contributed by atoms with Crippen LogP contribution in [0.4, 0.5) is 5.69 Å². The summed E-state index contributed by atoms with van der Waals surface area (Å²) in [6.45, 7) is 1.56. The Kier molecular flexibility index (Phi) is 7.32. The van der Waals surface area contributed by atoms with Crippen LogP contribution >= 0.6 is 0 Å². The van der Waals surface area contributed by atoms with E-state index in [1.807, 2.05) is 31.2 Å². The third kappa shape index (κ3) is 5.09. The number of para-hydroxylation sites is 2. The van der Waals surface area contributed by atoms with E-state index in [2.05, 4.69) is 4.98 Å². The molecule has 0 spiro atoms. The average Bonchev–Trinajstić information content (AvgIpc) is 3.50. The van der Waals surface area contributed by atoms with Crippen LogP contribution in [0.25, 0.3) is 22.6 Å². The van der Waals surface area contributed by atoms with E-state index in [0.29, 0.717) is 28.2 Å². The predicted molar refractivity (Wildman–Crippen MR) is 143 cm³/mol. The molecule has 2 amide bonds. The van der Waals surface area contributed by atoms with Gasteiger partial charge in [-0.05, 0) is 55.5 Å². The summed E-state index contributed by atoms with van der Waals surface area (Å²) in [5, 5.41) is 0. The van der Waals surface area contributed by atoms with Crippen molar-refractivity contribution >= 4 is 38.6 Å². The highest BCUT2D eigenvalue weighted by Crippen LogP contribution is 2.32. The van der Waals surface area contributed by atoms with E-state index < -0.39 is 34.2 Å². The Balaban J connectivity index is 1.45. The van der Waals surface area contributed by atoms with Crippen LogP contribution in [0.1, 0.15) is 12.0 Å². The first kappa shape index (κ1) is 26.7. The first-order chi connectivity index (χ1) is 18.7. The molecular formula is C28H27N3O7S. The molecular weight excluding hydrogens is 522 g/mol. The van der Waals surface area contributed by atoms with Crippen molar-refractivity contribution in [2.24, 2.45) is 0 Å². The molecule has 0 N–H and O–H groups in total. The van der Waals surface area contributed by atoms with Gasteiger partial charge in [-0.2, -0.15) is 4.31 Å². The fourth-order valence-electron chi connectivity index (χ4n) is 4.49. The van der Waals surface area contributed by atoms with Crippen molar-refractivity contribution in [1.29, 1.82) is 0 Å². The van der Waals surface area contributed by atoms with Gasteiger partial charge in [-0.25, -0.2) is 18.3 Å². The van der Waals surface area contributed by atoms with Crippen LogP contribution in [0.5, 0.6) is 0 Å². The molecule has 0 saturated carbocycles. The minimum absolute atomic E-state index is 0.000410. The number of imide groups is 1. The highest BCUT2D eigenvalue weighted by Gasteiger charge is 2.47. The molecule has 1 aliphatic heterocycles. The van der Waals surface area contributed by atoms with E-state index in [1.165, 1.54) is 26.4 Å². The zero-order valence-corrected chi connectivity index (χ0v) is 22.4. The smallest absolute Gasteiger partial charge is 0.252 e. The Bertz CT molecular complexity index is 1580. The zero-order chi connectivity index (χ0) is 27.7. The van der Waals surface area contributed by atoms with E-state index in [9.17, 15) is 18.0 Å². The van der Waals surface area contributed by atoms with Gasteiger partial charge in [-0.15, -0.1) is 0 Å². The highest BCUT2D eigenvalue weighted by molar-refractivity contribution is 7.89. The molecule has 1 aromatic heterocycles. The van der Waals surface area contributed by atoms with Gasteiger partial charge < -0.3 is 13.9 Å². The second kappa shape index (κ2) is 10.7. The van der Waals surface area contributed by atoms with Crippen LogP contribution in [-0.2, 0) is 29.1 Å². The first-order valence-corrected chi connectivity index (χ1v) is 13.6. The number of carbonyl (C=O) groups excluding carboxylic acids is 2. The Hall–Kier alpha value is -3.90. The molecule has 10 nitrogen and oxygen atoms in total. The number of anilines is 1. The number of benzene rings is 3. The lowest BCUT2D eigenvalue weighted by molar-refractivity contribution is -0.125. The van der Waals surface area contributed by atoms with Gasteiger partial charge >= 0.3 is 0 Å². The van der Waals surface area contributed by atoms with Gasteiger partial charge in [0.15, 0.2) is 11.9 Å². The van der Waals surface area contributed by atoms with Crippen LogP contribution < -0.4 is 4.90 Å². The molecule has 1 unspecified atom stereocenters. The largest absolute Gasteiger partial charge is 0.436 e. The summed E-state index contributed by atoms with van der Waals surface area (Å²) in [4.78, 5) is 32.2. The van der Waals surface area contributed by atoms with Crippen molar-refractivity contribution in [2.45, 2.75) is 30.6 Å². The summed E-state index contributed by atoms with van der Waals surface area (Å²) in [5.41, 5.74) is 3.22. The number of methoxy groups -OCH3 is 2. The molecule has 2 heterocycles. The van der Waals surface area contributed by atoms with Crippen molar-refractivity contribution in [2.75, 3.05) is 25.7 Å². The average molecular weight is 550 g/mol. The second-order valence-corrected chi connectivity index (χ2v) is 11.0. The lowest BCUT2D eigenvalue weighted by Gasteiger charge is -2.29. The maximum Gasteiger partial charge on any atom is 0.252 e. The van der Waals surface area contributed by atoms with E-state index in [0.717, 1.165) is 14.8 Å². The minimum Gasteiger partial charge on any atom is -0.436 e. The molecule has 39 heavy (non-hydrogen) atoms. The number of aromatic nitrogens is 1. The van der Waals surface area contributed by atoms with Gasteiger partial charge in [0.1, 0.15) is 11.6 Å². The van der Waals surface area contributed by atoms with E-state index in [1.54, 1.807) is 36.4 Å². The lowest BCUT2D eigenvalue weighted by Crippen LogP contribution is -2.49. The van der Waals surface area contributed by atoms with Gasteiger partial charge in [0, 0.05) is 19.8 Å².